The topological polar surface area (TPSA) is 41.6 Å². The quantitative estimate of drug-likeness (QED) is 0.678. The lowest BCUT2D eigenvalue weighted by Crippen LogP contribution is -1.88. The summed E-state index contributed by atoms with van der Waals surface area (Å²) in [5.74, 6) is -0.352. The van der Waals surface area contributed by atoms with Gasteiger partial charge in [0.15, 0.2) is 5.82 Å². The molecule has 5 heteroatoms. The predicted octanol–water partition coefficient (Wildman–Crippen LogP) is 3.73. The van der Waals surface area contributed by atoms with Gasteiger partial charge in [0.05, 0.1) is 29.3 Å². The number of fused-ring (bicyclic) bond motifs is 1. The van der Waals surface area contributed by atoms with Crippen molar-refractivity contribution in [3.63, 3.8) is 0 Å². The molecular weight excluding hydrogens is 253 g/mol. The molecule has 0 radical (unpaired) electrons. The molecule has 18 heavy (non-hydrogen) atoms. The van der Waals surface area contributed by atoms with E-state index >= 15 is 0 Å². The molecule has 3 aromatic heterocycles. The second-order valence-corrected chi connectivity index (χ2v) is 4.45. The van der Waals surface area contributed by atoms with E-state index in [0.29, 0.717) is 16.1 Å². The number of nitrogens with one attached hydrogen (secondary N) is 1. The Morgan fingerprint density at radius 3 is 2.89 bits per heavy atom. The van der Waals surface area contributed by atoms with Gasteiger partial charge in [0.2, 0.25) is 0 Å². The Hall–Kier alpha value is -1.94. The van der Waals surface area contributed by atoms with Crippen LogP contribution in [-0.2, 0) is 0 Å². The molecule has 3 rings (SSSR count). The third kappa shape index (κ3) is 1.75. The van der Waals surface area contributed by atoms with Crippen molar-refractivity contribution in [2.75, 3.05) is 0 Å². The highest BCUT2D eigenvalue weighted by molar-refractivity contribution is 6.29. The average Bonchev–Trinajstić information content (AvgIpc) is 2.77. The zero-order valence-electron chi connectivity index (χ0n) is 9.54. The molecule has 0 unspecified atom stereocenters. The molecule has 3 aromatic rings. The maximum atomic E-state index is 13.6. The average molecular weight is 262 g/mol. The van der Waals surface area contributed by atoms with E-state index in [1.807, 2.05) is 13.0 Å². The van der Waals surface area contributed by atoms with E-state index in [1.165, 1.54) is 6.20 Å². The number of pyridine rings is 2. The van der Waals surface area contributed by atoms with E-state index < -0.39 is 0 Å². The number of aromatic nitrogens is 3. The first kappa shape index (κ1) is 11.2. The first-order chi connectivity index (χ1) is 8.65. The molecule has 0 atom stereocenters. The van der Waals surface area contributed by atoms with Gasteiger partial charge in [-0.2, -0.15) is 0 Å². The summed E-state index contributed by atoms with van der Waals surface area (Å²) >= 11 is 5.89. The van der Waals surface area contributed by atoms with Crippen LogP contribution in [0.15, 0.2) is 30.6 Å². The summed E-state index contributed by atoms with van der Waals surface area (Å²) in [6, 6.07) is 5.33. The van der Waals surface area contributed by atoms with Crippen molar-refractivity contribution >= 4 is 22.5 Å². The largest absolute Gasteiger partial charge is 0.352 e. The zero-order chi connectivity index (χ0) is 12.7. The lowest BCUT2D eigenvalue weighted by atomic mass is 10.1. The molecule has 3 heterocycles. The summed E-state index contributed by atoms with van der Waals surface area (Å²) in [6.45, 7) is 1.93. The van der Waals surface area contributed by atoms with E-state index in [2.05, 4.69) is 15.0 Å². The Bertz CT molecular complexity index is 736. The molecule has 0 spiro atoms. The first-order valence-corrected chi connectivity index (χ1v) is 5.78. The number of H-pyrrole nitrogens is 1. The summed E-state index contributed by atoms with van der Waals surface area (Å²) in [5.41, 5.74) is 3.07. The molecule has 0 fully saturated rings. The Morgan fingerprint density at radius 2 is 2.11 bits per heavy atom. The SMILES string of the molecule is Cc1ccc(Cl)nc1-c1cc2c(F)cncc2[nH]1. The molecule has 0 saturated carbocycles. The van der Waals surface area contributed by atoms with Gasteiger partial charge in [-0.15, -0.1) is 0 Å². The van der Waals surface area contributed by atoms with Gasteiger partial charge in [-0.3, -0.25) is 4.98 Å². The number of aryl methyl sites for hydroxylation is 1. The van der Waals surface area contributed by atoms with Crippen molar-refractivity contribution in [3.05, 3.63) is 47.1 Å². The number of nitrogens with zero attached hydrogens (tertiary/aromatic N) is 2. The summed E-state index contributed by atoms with van der Waals surface area (Å²) in [6.07, 6.45) is 2.78. The van der Waals surface area contributed by atoms with E-state index in [0.717, 1.165) is 17.0 Å². The lowest BCUT2D eigenvalue weighted by Gasteiger charge is -2.02. The minimum atomic E-state index is -0.352. The molecule has 90 valence electrons. The van der Waals surface area contributed by atoms with Crippen LogP contribution in [0.4, 0.5) is 4.39 Å². The Balaban J connectivity index is 2.26. The number of hydrogen-bond acceptors (Lipinski definition) is 2. The van der Waals surface area contributed by atoms with Crippen molar-refractivity contribution in [1.29, 1.82) is 0 Å². The van der Waals surface area contributed by atoms with Gasteiger partial charge in [0, 0.05) is 5.39 Å². The highest BCUT2D eigenvalue weighted by Crippen LogP contribution is 2.27. The van der Waals surface area contributed by atoms with Crippen molar-refractivity contribution in [2.24, 2.45) is 0 Å². The second-order valence-electron chi connectivity index (χ2n) is 4.07. The monoisotopic (exact) mass is 261 g/mol. The normalized spacial score (nSPS) is 11.1. The summed E-state index contributed by atoms with van der Waals surface area (Å²) in [7, 11) is 0. The van der Waals surface area contributed by atoms with Crippen LogP contribution >= 0.6 is 11.6 Å². The van der Waals surface area contributed by atoms with Gasteiger partial charge in [-0.05, 0) is 24.6 Å². The molecular formula is C13H9ClFN3. The Kier molecular flexibility index (Phi) is 2.52. The Morgan fingerprint density at radius 1 is 1.28 bits per heavy atom. The molecule has 0 saturated heterocycles. The van der Waals surface area contributed by atoms with E-state index in [9.17, 15) is 4.39 Å². The Labute approximate surface area is 108 Å². The first-order valence-electron chi connectivity index (χ1n) is 5.41. The van der Waals surface area contributed by atoms with Crippen molar-refractivity contribution < 1.29 is 4.39 Å². The van der Waals surface area contributed by atoms with Crippen LogP contribution < -0.4 is 0 Å². The third-order valence-corrected chi connectivity index (χ3v) is 3.03. The predicted molar refractivity (Wildman–Crippen MR) is 69.0 cm³/mol. The third-order valence-electron chi connectivity index (χ3n) is 2.82. The van der Waals surface area contributed by atoms with Crippen LogP contribution in [0.3, 0.4) is 0 Å². The summed E-state index contributed by atoms with van der Waals surface area (Å²) in [4.78, 5) is 11.2. The number of halogens is 2. The molecule has 0 aromatic carbocycles. The molecule has 0 amide bonds. The fourth-order valence-corrected chi connectivity index (χ4v) is 2.07. The molecule has 0 aliphatic heterocycles. The highest BCUT2D eigenvalue weighted by atomic mass is 35.5. The lowest BCUT2D eigenvalue weighted by molar-refractivity contribution is 0.634. The standard InChI is InChI=1S/C13H9ClFN3/c1-7-2-3-12(14)18-13(7)10-4-8-9(15)5-16-6-11(8)17-10/h2-6,17H,1H3. The zero-order valence-corrected chi connectivity index (χ0v) is 10.3. The van der Waals surface area contributed by atoms with Gasteiger partial charge in [-0.25, -0.2) is 9.37 Å². The smallest absolute Gasteiger partial charge is 0.150 e. The van der Waals surface area contributed by atoms with E-state index in [4.69, 9.17) is 11.6 Å². The fourth-order valence-electron chi connectivity index (χ4n) is 1.92. The van der Waals surface area contributed by atoms with E-state index in [1.54, 1.807) is 18.3 Å². The van der Waals surface area contributed by atoms with Crippen molar-refractivity contribution in [2.45, 2.75) is 6.92 Å². The van der Waals surface area contributed by atoms with Crippen LogP contribution in [-0.4, -0.2) is 15.0 Å². The summed E-state index contributed by atoms with van der Waals surface area (Å²) in [5, 5.41) is 0.911. The molecule has 0 aliphatic carbocycles. The van der Waals surface area contributed by atoms with Crippen LogP contribution in [0.25, 0.3) is 22.3 Å². The number of aromatic amines is 1. The van der Waals surface area contributed by atoms with Crippen molar-refractivity contribution in [3.8, 4) is 11.4 Å². The van der Waals surface area contributed by atoms with Crippen LogP contribution in [0.1, 0.15) is 5.56 Å². The minimum absolute atomic E-state index is 0.352. The molecule has 0 aliphatic rings. The fraction of sp³-hybridized carbons (Fsp3) is 0.0769. The van der Waals surface area contributed by atoms with Gasteiger partial charge in [-0.1, -0.05) is 17.7 Å². The summed E-state index contributed by atoms with van der Waals surface area (Å²) < 4.78 is 13.6. The second kappa shape index (κ2) is 4.07. The highest BCUT2D eigenvalue weighted by Gasteiger charge is 2.10. The molecule has 0 bridgehead atoms. The number of hydrogen-bond donors (Lipinski definition) is 1. The van der Waals surface area contributed by atoms with Crippen molar-refractivity contribution in [1.82, 2.24) is 15.0 Å². The van der Waals surface area contributed by atoms with E-state index in [-0.39, 0.29) is 5.82 Å². The molecule has 1 N–H and O–H groups in total. The maximum absolute atomic E-state index is 13.6. The van der Waals surface area contributed by atoms with Gasteiger partial charge in [0.25, 0.3) is 0 Å². The van der Waals surface area contributed by atoms with Crippen LogP contribution in [0.2, 0.25) is 5.15 Å². The number of rotatable bonds is 1. The molecule has 3 nitrogen and oxygen atoms in total. The van der Waals surface area contributed by atoms with Gasteiger partial charge in [0.1, 0.15) is 5.15 Å². The minimum Gasteiger partial charge on any atom is -0.352 e. The van der Waals surface area contributed by atoms with Crippen LogP contribution in [0.5, 0.6) is 0 Å². The maximum Gasteiger partial charge on any atom is 0.150 e. The van der Waals surface area contributed by atoms with Crippen LogP contribution in [0, 0.1) is 12.7 Å². The van der Waals surface area contributed by atoms with Gasteiger partial charge < -0.3 is 4.98 Å². The van der Waals surface area contributed by atoms with Gasteiger partial charge >= 0.3 is 0 Å².